The third-order valence-electron chi connectivity index (χ3n) is 5.88. The molecule has 1 aliphatic rings. The molecule has 7 nitrogen and oxygen atoms in total. The first-order valence-corrected chi connectivity index (χ1v) is 11.3. The van der Waals surface area contributed by atoms with Gasteiger partial charge in [-0.15, -0.1) is 0 Å². The summed E-state index contributed by atoms with van der Waals surface area (Å²) in [6.45, 7) is 8.21. The fourth-order valence-corrected chi connectivity index (χ4v) is 4.46. The molecule has 1 saturated heterocycles. The molecule has 0 unspecified atom stereocenters. The summed E-state index contributed by atoms with van der Waals surface area (Å²) in [4.78, 5) is 39.9. The molecule has 0 bridgehead atoms. The molecule has 0 spiro atoms. The number of carbonyl (C=O) groups excluding carboxylic acids is 3. The Hall–Kier alpha value is -3.55. The minimum absolute atomic E-state index is 0.0931. The van der Waals surface area contributed by atoms with Crippen LogP contribution in [0.1, 0.15) is 47.8 Å². The van der Waals surface area contributed by atoms with Crippen LogP contribution in [0.5, 0.6) is 0 Å². The van der Waals surface area contributed by atoms with Crippen molar-refractivity contribution in [1.82, 2.24) is 15.3 Å². The third-order valence-corrected chi connectivity index (χ3v) is 5.88. The topological polar surface area (TPSA) is 90.0 Å². The van der Waals surface area contributed by atoms with Gasteiger partial charge in [-0.25, -0.2) is 5.48 Å². The van der Waals surface area contributed by atoms with E-state index in [4.69, 9.17) is 5.21 Å². The Balaban J connectivity index is 1.59. The first-order chi connectivity index (χ1) is 16.3. The quantitative estimate of drug-likeness (QED) is 0.285. The number of hydrogen-bond donors (Lipinski definition) is 2. The average Bonchev–Trinajstić information content (AvgIpc) is 2.81. The van der Waals surface area contributed by atoms with Crippen molar-refractivity contribution in [3.8, 4) is 0 Å². The number of rotatable bonds is 7. The highest BCUT2D eigenvalue weighted by Crippen LogP contribution is 2.19. The lowest BCUT2D eigenvalue weighted by atomic mass is 10.0. The molecule has 7 heteroatoms. The van der Waals surface area contributed by atoms with E-state index < -0.39 is 5.91 Å². The molecule has 1 heterocycles. The lowest BCUT2D eigenvalue weighted by Crippen LogP contribution is -2.57. The molecular weight excluding hydrogens is 430 g/mol. The van der Waals surface area contributed by atoms with Gasteiger partial charge in [0.15, 0.2) is 5.78 Å². The highest BCUT2D eigenvalue weighted by atomic mass is 16.5. The number of carbonyl (C=O) groups is 3. The van der Waals surface area contributed by atoms with E-state index in [1.54, 1.807) is 24.6 Å². The molecule has 34 heavy (non-hydrogen) atoms. The minimum Gasteiger partial charge on any atom is -0.335 e. The van der Waals surface area contributed by atoms with Gasteiger partial charge in [0.1, 0.15) is 0 Å². The predicted molar refractivity (Wildman–Crippen MR) is 132 cm³/mol. The molecule has 2 atom stereocenters. The largest absolute Gasteiger partial charge is 0.335 e. The van der Waals surface area contributed by atoms with E-state index in [1.165, 1.54) is 12.2 Å². The smallest absolute Gasteiger partial charge is 0.267 e. The second kappa shape index (κ2) is 11.5. The molecule has 1 fully saturated rings. The first-order valence-electron chi connectivity index (χ1n) is 11.3. The van der Waals surface area contributed by atoms with Crippen molar-refractivity contribution in [2.24, 2.45) is 0 Å². The van der Waals surface area contributed by atoms with Crippen molar-refractivity contribution < 1.29 is 19.6 Å². The Morgan fingerprint density at radius 3 is 2.12 bits per heavy atom. The summed E-state index contributed by atoms with van der Waals surface area (Å²) < 4.78 is 0. The molecule has 0 radical (unpaired) electrons. The van der Waals surface area contributed by atoms with Crippen LogP contribution in [0, 0.1) is 0 Å². The Kier molecular flexibility index (Phi) is 8.51. The minimum atomic E-state index is -0.609. The maximum atomic E-state index is 12.6. The van der Waals surface area contributed by atoms with Crippen LogP contribution in [0.4, 0.5) is 0 Å². The maximum Gasteiger partial charge on any atom is 0.267 e. The van der Waals surface area contributed by atoms with Gasteiger partial charge in [0.25, 0.3) is 5.91 Å². The van der Waals surface area contributed by atoms with E-state index in [9.17, 15) is 14.4 Å². The van der Waals surface area contributed by atoms with E-state index in [1.807, 2.05) is 53.4 Å². The summed E-state index contributed by atoms with van der Waals surface area (Å²) in [5.41, 5.74) is 4.88. The normalized spacial score (nSPS) is 19.0. The van der Waals surface area contributed by atoms with Crippen molar-refractivity contribution in [3.05, 3.63) is 82.9 Å². The molecule has 2 amide bonds. The highest BCUT2D eigenvalue weighted by molar-refractivity contribution is 6.06. The number of hydrogen-bond acceptors (Lipinski definition) is 5. The molecule has 2 N–H and O–H groups in total. The number of ketones is 1. The summed E-state index contributed by atoms with van der Waals surface area (Å²) >= 11 is 0. The average molecular weight is 462 g/mol. The van der Waals surface area contributed by atoms with Crippen LogP contribution >= 0.6 is 0 Å². The summed E-state index contributed by atoms with van der Waals surface area (Å²) in [5, 5.41) is 8.55. The summed E-state index contributed by atoms with van der Waals surface area (Å²) in [5.74, 6) is -0.584. The number of hydroxylamine groups is 1. The van der Waals surface area contributed by atoms with Crippen LogP contribution in [0.2, 0.25) is 0 Å². The van der Waals surface area contributed by atoms with Crippen molar-refractivity contribution >= 4 is 29.7 Å². The summed E-state index contributed by atoms with van der Waals surface area (Å²) in [6.07, 6.45) is 6.06. The van der Waals surface area contributed by atoms with Gasteiger partial charge in [-0.1, -0.05) is 48.5 Å². The zero-order valence-electron chi connectivity index (χ0n) is 19.8. The zero-order chi connectivity index (χ0) is 24.7. The summed E-state index contributed by atoms with van der Waals surface area (Å²) in [7, 11) is 0. The van der Waals surface area contributed by atoms with Crippen LogP contribution < -0.4 is 5.48 Å². The van der Waals surface area contributed by atoms with Crippen LogP contribution in [-0.4, -0.2) is 57.8 Å². The predicted octanol–water partition coefficient (Wildman–Crippen LogP) is 3.54. The summed E-state index contributed by atoms with van der Waals surface area (Å²) in [6, 6.07) is 15.3. The Morgan fingerprint density at radius 1 is 0.971 bits per heavy atom. The van der Waals surface area contributed by atoms with Crippen molar-refractivity contribution in [2.75, 3.05) is 13.1 Å². The number of amides is 2. The molecule has 2 aromatic carbocycles. The van der Waals surface area contributed by atoms with Gasteiger partial charge < -0.3 is 4.90 Å². The molecule has 2 aromatic rings. The van der Waals surface area contributed by atoms with Gasteiger partial charge in [0.2, 0.25) is 5.91 Å². The zero-order valence-corrected chi connectivity index (χ0v) is 19.8. The molecule has 0 aliphatic carbocycles. The standard InChI is InChI=1S/C27H31N3O4/c1-19-16-29(17-20(2)30(19)21(3)31)18-24-7-11-25(12-8-24)26(32)13-9-22-5-4-6-23(15-22)10-14-27(33)28-34/h4-15,19-20,34H,16-18H2,1-3H3,(H,28,33)/t19-,20+. The van der Waals surface area contributed by atoms with Gasteiger partial charge in [-0.3, -0.25) is 24.5 Å². The second-order valence-corrected chi connectivity index (χ2v) is 8.69. The fraction of sp³-hybridized carbons (Fsp3) is 0.296. The van der Waals surface area contributed by atoms with Crippen LogP contribution in [0.25, 0.3) is 12.2 Å². The molecule has 3 rings (SSSR count). The maximum absolute atomic E-state index is 12.6. The van der Waals surface area contributed by atoms with Gasteiger partial charge in [-0.05, 0) is 48.8 Å². The molecule has 0 aromatic heterocycles. The van der Waals surface area contributed by atoms with Crippen LogP contribution in [-0.2, 0) is 16.1 Å². The second-order valence-electron chi connectivity index (χ2n) is 8.69. The number of nitrogens with one attached hydrogen (secondary N) is 1. The highest BCUT2D eigenvalue weighted by Gasteiger charge is 2.30. The van der Waals surface area contributed by atoms with Crippen molar-refractivity contribution in [1.29, 1.82) is 0 Å². The molecular formula is C27H31N3O4. The van der Waals surface area contributed by atoms with Gasteiger partial charge >= 0.3 is 0 Å². The number of nitrogens with zero attached hydrogens (tertiary/aromatic N) is 2. The van der Waals surface area contributed by atoms with E-state index in [0.717, 1.165) is 36.3 Å². The Labute approximate surface area is 200 Å². The van der Waals surface area contributed by atoms with Crippen molar-refractivity contribution in [3.63, 3.8) is 0 Å². The van der Waals surface area contributed by atoms with E-state index in [-0.39, 0.29) is 23.8 Å². The van der Waals surface area contributed by atoms with Gasteiger partial charge in [0, 0.05) is 50.3 Å². The molecule has 0 saturated carbocycles. The van der Waals surface area contributed by atoms with E-state index in [0.29, 0.717) is 5.56 Å². The van der Waals surface area contributed by atoms with Gasteiger partial charge in [0.05, 0.1) is 0 Å². The Morgan fingerprint density at radius 2 is 1.56 bits per heavy atom. The van der Waals surface area contributed by atoms with E-state index >= 15 is 0 Å². The fourth-order valence-electron chi connectivity index (χ4n) is 4.46. The van der Waals surface area contributed by atoms with Crippen LogP contribution in [0.15, 0.2) is 60.7 Å². The molecule has 1 aliphatic heterocycles. The number of piperazine rings is 1. The number of allylic oxidation sites excluding steroid dienone is 1. The van der Waals surface area contributed by atoms with Crippen LogP contribution in [0.3, 0.4) is 0 Å². The molecule has 178 valence electrons. The Bertz CT molecular complexity index is 1080. The third kappa shape index (κ3) is 6.73. The van der Waals surface area contributed by atoms with Gasteiger partial charge in [-0.2, -0.15) is 0 Å². The van der Waals surface area contributed by atoms with E-state index in [2.05, 4.69) is 18.7 Å². The number of benzene rings is 2. The lowest BCUT2D eigenvalue weighted by Gasteiger charge is -2.44. The monoisotopic (exact) mass is 461 g/mol. The van der Waals surface area contributed by atoms with Crippen molar-refractivity contribution in [2.45, 2.75) is 39.4 Å². The lowest BCUT2D eigenvalue weighted by molar-refractivity contribution is -0.136. The first kappa shape index (κ1) is 25.1. The SMILES string of the molecule is CC(=O)N1[C@H](C)CN(Cc2ccc(C(=O)C=Cc3cccc(C=CC(=O)NO)c3)cc2)C[C@@H]1C.